The van der Waals surface area contributed by atoms with Crippen LogP contribution >= 0.6 is 0 Å². The first kappa shape index (κ1) is 14.8. The minimum Gasteiger partial charge on any atom is -0.345 e. The predicted octanol–water partition coefficient (Wildman–Crippen LogP) is 3.12. The van der Waals surface area contributed by atoms with Gasteiger partial charge in [0.05, 0.1) is 23.0 Å². The molecule has 0 aliphatic heterocycles. The fourth-order valence-corrected chi connectivity index (χ4v) is 3.28. The van der Waals surface area contributed by atoms with E-state index >= 15 is 0 Å². The van der Waals surface area contributed by atoms with E-state index < -0.39 is 0 Å². The number of H-pyrrole nitrogens is 1. The van der Waals surface area contributed by atoms with Gasteiger partial charge < -0.3 is 9.38 Å². The summed E-state index contributed by atoms with van der Waals surface area (Å²) in [5, 5.41) is 5.05. The van der Waals surface area contributed by atoms with Crippen LogP contribution in [0.4, 0.5) is 4.39 Å². The van der Waals surface area contributed by atoms with E-state index in [0.29, 0.717) is 11.3 Å². The zero-order valence-corrected chi connectivity index (χ0v) is 14.1. The maximum atomic E-state index is 14.5. The van der Waals surface area contributed by atoms with Crippen molar-refractivity contribution in [1.82, 2.24) is 34.1 Å². The Bertz CT molecular complexity index is 1280. The summed E-state index contributed by atoms with van der Waals surface area (Å²) in [5.74, 6) is -0.371. The van der Waals surface area contributed by atoms with Gasteiger partial charge in [-0.15, -0.1) is 0 Å². The van der Waals surface area contributed by atoms with E-state index in [1.807, 2.05) is 32.6 Å². The highest BCUT2D eigenvalue weighted by molar-refractivity contribution is 6.02. The van der Waals surface area contributed by atoms with E-state index in [2.05, 4.69) is 25.0 Å². The molecule has 0 saturated carbocycles. The lowest BCUT2D eigenvalue weighted by Gasteiger charge is -2.05. The fraction of sp³-hybridized carbons (Fsp3) is 0.111. The molecule has 128 valence electrons. The molecule has 0 aliphatic carbocycles. The van der Waals surface area contributed by atoms with Crippen LogP contribution in [-0.4, -0.2) is 34.1 Å². The average molecular weight is 347 g/mol. The van der Waals surface area contributed by atoms with Crippen LogP contribution in [0.2, 0.25) is 0 Å². The van der Waals surface area contributed by atoms with Crippen molar-refractivity contribution < 1.29 is 4.39 Å². The Morgan fingerprint density at radius 1 is 1.12 bits per heavy atom. The van der Waals surface area contributed by atoms with Gasteiger partial charge in [0.1, 0.15) is 12.0 Å². The monoisotopic (exact) mass is 347 g/mol. The average Bonchev–Trinajstić information content (AvgIpc) is 3.31. The van der Waals surface area contributed by atoms with Gasteiger partial charge in [0.25, 0.3) is 0 Å². The van der Waals surface area contributed by atoms with Crippen molar-refractivity contribution in [2.45, 2.75) is 6.92 Å². The summed E-state index contributed by atoms with van der Waals surface area (Å²) in [6.07, 6.45) is 10.6. The SMILES string of the molecule is Cc1cn2cc(-c3c[nH]c4ncnc(-c5cnn(C)c5)c34)cc(F)c2n1. The normalized spacial score (nSPS) is 11.7. The van der Waals surface area contributed by atoms with Crippen molar-refractivity contribution in [3.63, 3.8) is 0 Å². The first-order chi connectivity index (χ1) is 12.6. The lowest BCUT2D eigenvalue weighted by Crippen LogP contribution is -1.92. The number of hydrogen-bond donors (Lipinski definition) is 1. The zero-order chi connectivity index (χ0) is 17.8. The summed E-state index contributed by atoms with van der Waals surface area (Å²) in [5.41, 5.74) is 4.94. The summed E-state index contributed by atoms with van der Waals surface area (Å²) in [7, 11) is 1.85. The fourth-order valence-electron chi connectivity index (χ4n) is 3.28. The lowest BCUT2D eigenvalue weighted by atomic mass is 10.0. The molecular weight excluding hydrogens is 333 g/mol. The molecular formula is C18H14FN7. The summed E-state index contributed by atoms with van der Waals surface area (Å²) in [6.45, 7) is 1.84. The van der Waals surface area contributed by atoms with Crippen LogP contribution in [-0.2, 0) is 7.05 Å². The summed E-state index contributed by atoms with van der Waals surface area (Å²) >= 11 is 0. The third kappa shape index (κ3) is 2.12. The number of aromatic nitrogens is 7. The molecule has 5 aromatic heterocycles. The van der Waals surface area contributed by atoms with Gasteiger partial charge in [-0.25, -0.2) is 19.3 Å². The van der Waals surface area contributed by atoms with Gasteiger partial charge in [0, 0.05) is 48.5 Å². The molecule has 0 atom stereocenters. The number of imidazole rings is 1. The zero-order valence-electron chi connectivity index (χ0n) is 14.1. The van der Waals surface area contributed by atoms with Gasteiger partial charge in [-0.05, 0) is 13.0 Å². The Morgan fingerprint density at radius 2 is 2.00 bits per heavy atom. The molecule has 0 spiro atoms. The molecule has 5 heterocycles. The molecule has 0 fully saturated rings. The number of nitrogens with one attached hydrogen (secondary N) is 1. The molecule has 0 bridgehead atoms. The molecule has 8 heteroatoms. The first-order valence-corrected chi connectivity index (χ1v) is 8.06. The summed E-state index contributed by atoms with van der Waals surface area (Å²) in [4.78, 5) is 16.1. The van der Waals surface area contributed by atoms with Gasteiger partial charge >= 0.3 is 0 Å². The maximum absolute atomic E-state index is 14.5. The van der Waals surface area contributed by atoms with Crippen LogP contribution in [0.5, 0.6) is 0 Å². The van der Waals surface area contributed by atoms with Gasteiger partial charge in [-0.1, -0.05) is 0 Å². The highest BCUT2D eigenvalue weighted by Gasteiger charge is 2.17. The number of rotatable bonds is 2. The second-order valence-corrected chi connectivity index (χ2v) is 6.24. The molecule has 0 amide bonds. The smallest absolute Gasteiger partial charge is 0.173 e. The van der Waals surface area contributed by atoms with Crippen LogP contribution < -0.4 is 0 Å². The van der Waals surface area contributed by atoms with Crippen molar-refractivity contribution >= 4 is 16.7 Å². The summed E-state index contributed by atoms with van der Waals surface area (Å²) in [6, 6.07) is 1.49. The number of fused-ring (bicyclic) bond motifs is 2. The quantitative estimate of drug-likeness (QED) is 0.532. The lowest BCUT2D eigenvalue weighted by molar-refractivity contribution is 0.630. The van der Waals surface area contributed by atoms with Crippen molar-refractivity contribution in [3.05, 3.63) is 54.9 Å². The molecule has 7 nitrogen and oxygen atoms in total. The molecule has 5 aromatic rings. The van der Waals surface area contributed by atoms with Crippen LogP contribution in [0.3, 0.4) is 0 Å². The maximum Gasteiger partial charge on any atom is 0.173 e. The van der Waals surface area contributed by atoms with E-state index in [9.17, 15) is 4.39 Å². The Kier molecular flexibility index (Phi) is 2.96. The number of hydrogen-bond acceptors (Lipinski definition) is 4. The second-order valence-electron chi connectivity index (χ2n) is 6.24. The van der Waals surface area contributed by atoms with E-state index in [0.717, 1.165) is 33.5 Å². The second kappa shape index (κ2) is 5.22. The van der Waals surface area contributed by atoms with Crippen molar-refractivity contribution in [2.24, 2.45) is 7.05 Å². The standard InChI is InChI=1S/C18H14FN7/c1-10-6-26-8-11(3-14(19)18(26)24-10)13-5-20-17-15(13)16(21-9-22-17)12-4-23-25(2)7-12/h3-9H,1-2H3,(H,20,21,22). The van der Waals surface area contributed by atoms with Gasteiger partial charge in [-0.2, -0.15) is 5.10 Å². The number of aryl methyl sites for hydroxylation is 2. The predicted molar refractivity (Wildman–Crippen MR) is 95.0 cm³/mol. The number of aromatic amines is 1. The Labute approximate surface area is 147 Å². The molecule has 0 saturated heterocycles. The van der Waals surface area contributed by atoms with Gasteiger partial charge in [0.2, 0.25) is 0 Å². The molecule has 0 aromatic carbocycles. The molecule has 0 radical (unpaired) electrons. The van der Waals surface area contributed by atoms with Crippen LogP contribution in [0.25, 0.3) is 39.1 Å². The summed E-state index contributed by atoms with van der Waals surface area (Å²) < 4.78 is 18.0. The van der Waals surface area contributed by atoms with Gasteiger partial charge in [-0.3, -0.25) is 4.68 Å². The van der Waals surface area contributed by atoms with Crippen LogP contribution in [0, 0.1) is 12.7 Å². The van der Waals surface area contributed by atoms with Crippen molar-refractivity contribution in [1.29, 1.82) is 0 Å². The van der Waals surface area contributed by atoms with E-state index in [-0.39, 0.29) is 5.82 Å². The third-order valence-electron chi connectivity index (χ3n) is 4.39. The van der Waals surface area contributed by atoms with Crippen molar-refractivity contribution in [2.75, 3.05) is 0 Å². The van der Waals surface area contributed by atoms with E-state index in [1.165, 1.54) is 12.4 Å². The number of pyridine rings is 1. The first-order valence-electron chi connectivity index (χ1n) is 8.06. The molecule has 1 N–H and O–H groups in total. The van der Waals surface area contributed by atoms with Gasteiger partial charge in [0.15, 0.2) is 11.5 Å². The topological polar surface area (TPSA) is 76.7 Å². The largest absolute Gasteiger partial charge is 0.345 e. The Balaban J connectivity index is 1.80. The number of halogens is 1. The third-order valence-corrected chi connectivity index (χ3v) is 4.39. The minimum absolute atomic E-state index is 0.315. The minimum atomic E-state index is -0.371. The van der Waals surface area contributed by atoms with E-state index in [1.54, 1.807) is 21.5 Å². The highest BCUT2D eigenvalue weighted by Crippen LogP contribution is 2.34. The molecule has 26 heavy (non-hydrogen) atoms. The van der Waals surface area contributed by atoms with Crippen LogP contribution in [0.15, 0.2) is 43.4 Å². The molecule has 5 rings (SSSR count). The molecule has 0 aliphatic rings. The molecule has 0 unspecified atom stereocenters. The highest BCUT2D eigenvalue weighted by atomic mass is 19.1. The Morgan fingerprint density at radius 3 is 2.81 bits per heavy atom. The van der Waals surface area contributed by atoms with Crippen molar-refractivity contribution in [3.8, 4) is 22.4 Å². The van der Waals surface area contributed by atoms with E-state index in [4.69, 9.17) is 0 Å². The Hall–Kier alpha value is -3.55. The van der Waals surface area contributed by atoms with Crippen LogP contribution in [0.1, 0.15) is 5.69 Å². The number of nitrogens with zero attached hydrogens (tertiary/aromatic N) is 6.